The lowest BCUT2D eigenvalue weighted by Gasteiger charge is -2.32. The van der Waals surface area contributed by atoms with Gasteiger partial charge < -0.3 is 4.52 Å². The van der Waals surface area contributed by atoms with Crippen molar-refractivity contribution in [2.45, 2.75) is 69.4 Å². The average Bonchev–Trinajstić information content (AvgIpc) is 3.27. The number of aromatic nitrogens is 2. The fraction of sp³-hybridized carbons (Fsp3) is 0.417. The molecule has 3 aromatic rings. The van der Waals surface area contributed by atoms with Crippen LogP contribution in [-0.2, 0) is 16.6 Å². The van der Waals surface area contributed by atoms with Crippen molar-refractivity contribution in [1.82, 2.24) is 14.4 Å². The van der Waals surface area contributed by atoms with Crippen LogP contribution >= 0.6 is 0 Å². The number of hydrogen-bond acceptors (Lipinski definition) is 5. The van der Waals surface area contributed by atoms with E-state index in [1.165, 1.54) is 0 Å². The number of hydrogen-bond donors (Lipinski definition) is 0. The first-order valence-electron chi connectivity index (χ1n) is 10.9. The monoisotopic (exact) mass is 439 g/mol. The van der Waals surface area contributed by atoms with Gasteiger partial charge in [-0.1, -0.05) is 80.7 Å². The van der Waals surface area contributed by atoms with Crippen molar-refractivity contribution >= 4 is 10.0 Å². The van der Waals surface area contributed by atoms with Crippen molar-refractivity contribution < 1.29 is 12.9 Å². The highest BCUT2D eigenvalue weighted by atomic mass is 32.2. The van der Waals surface area contributed by atoms with E-state index in [1.54, 1.807) is 16.4 Å². The molecular formula is C24H29N3O3S. The minimum Gasteiger partial charge on any atom is -0.338 e. The number of sulfonamides is 1. The molecule has 0 N–H and O–H groups in total. The van der Waals surface area contributed by atoms with Gasteiger partial charge in [0.25, 0.3) is 0 Å². The van der Waals surface area contributed by atoms with E-state index in [9.17, 15) is 8.42 Å². The van der Waals surface area contributed by atoms with E-state index < -0.39 is 10.0 Å². The molecule has 0 atom stereocenters. The van der Waals surface area contributed by atoms with Gasteiger partial charge in [-0.2, -0.15) is 9.29 Å². The second-order valence-corrected chi connectivity index (χ2v) is 10.3. The molecule has 0 aliphatic heterocycles. The van der Waals surface area contributed by atoms with Gasteiger partial charge in [0.2, 0.25) is 21.7 Å². The zero-order valence-corrected chi connectivity index (χ0v) is 18.9. The van der Waals surface area contributed by atoms with E-state index in [4.69, 9.17) is 4.52 Å². The van der Waals surface area contributed by atoms with Crippen LogP contribution in [0.5, 0.6) is 0 Å². The van der Waals surface area contributed by atoms with Gasteiger partial charge in [-0.05, 0) is 36.5 Å². The van der Waals surface area contributed by atoms with Crippen molar-refractivity contribution in [3.63, 3.8) is 0 Å². The van der Waals surface area contributed by atoms with Crippen LogP contribution in [0, 0.1) is 0 Å². The van der Waals surface area contributed by atoms with E-state index in [-0.39, 0.29) is 12.6 Å². The van der Waals surface area contributed by atoms with Gasteiger partial charge >= 0.3 is 0 Å². The molecule has 31 heavy (non-hydrogen) atoms. The lowest BCUT2D eigenvalue weighted by Crippen LogP contribution is -2.41. The number of nitrogens with zero attached hydrogens (tertiary/aromatic N) is 3. The van der Waals surface area contributed by atoms with Crippen molar-refractivity contribution in [3.8, 4) is 11.4 Å². The topological polar surface area (TPSA) is 76.3 Å². The minimum atomic E-state index is -3.69. The van der Waals surface area contributed by atoms with E-state index in [1.807, 2.05) is 42.5 Å². The summed E-state index contributed by atoms with van der Waals surface area (Å²) < 4.78 is 34.3. The Bertz CT molecular complexity index is 1090. The van der Waals surface area contributed by atoms with Crippen molar-refractivity contribution in [2.75, 3.05) is 0 Å². The molecule has 7 heteroatoms. The van der Waals surface area contributed by atoms with Crippen LogP contribution in [-0.4, -0.2) is 28.9 Å². The van der Waals surface area contributed by atoms with Gasteiger partial charge in [0.15, 0.2) is 0 Å². The Morgan fingerprint density at radius 3 is 2.32 bits per heavy atom. The highest BCUT2D eigenvalue weighted by Crippen LogP contribution is 2.30. The predicted molar refractivity (Wildman–Crippen MR) is 120 cm³/mol. The molecule has 4 rings (SSSR count). The largest absolute Gasteiger partial charge is 0.338 e. The summed E-state index contributed by atoms with van der Waals surface area (Å²) in [5, 5.41) is 4.06. The number of rotatable bonds is 7. The van der Waals surface area contributed by atoms with Gasteiger partial charge in [0.05, 0.1) is 11.4 Å². The summed E-state index contributed by atoms with van der Waals surface area (Å²) in [5.41, 5.74) is 1.96. The SMILES string of the molecule is CC(C)c1ccc(S(=O)(=O)N(Cc2nc(-c3ccccc3)no2)C2CCCCC2)cc1. The van der Waals surface area contributed by atoms with Gasteiger partial charge in [0, 0.05) is 11.6 Å². The Balaban J connectivity index is 1.63. The standard InChI is InChI=1S/C24H29N3O3S/c1-18(2)19-13-15-22(16-14-19)31(28,29)27(21-11-7-4-8-12-21)17-23-25-24(26-30-23)20-9-5-3-6-10-20/h3,5-6,9-10,13-16,18,21H,4,7-8,11-12,17H2,1-2H3. The quantitative estimate of drug-likeness (QED) is 0.494. The molecule has 1 aliphatic rings. The van der Waals surface area contributed by atoms with Crippen LogP contribution in [0.4, 0.5) is 0 Å². The molecule has 1 fully saturated rings. The highest BCUT2D eigenvalue weighted by molar-refractivity contribution is 7.89. The zero-order chi connectivity index (χ0) is 21.8. The summed E-state index contributed by atoms with van der Waals surface area (Å²) in [6.45, 7) is 4.27. The lowest BCUT2D eigenvalue weighted by molar-refractivity contribution is 0.223. The van der Waals surface area contributed by atoms with Gasteiger partial charge in [-0.15, -0.1) is 0 Å². The summed E-state index contributed by atoms with van der Waals surface area (Å²) in [6, 6.07) is 16.7. The van der Waals surface area contributed by atoms with E-state index in [0.717, 1.165) is 43.2 Å². The van der Waals surface area contributed by atoms with E-state index in [0.29, 0.717) is 22.5 Å². The maximum atomic E-state index is 13.6. The molecule has 1 saturated carbocycles. The van der Waals surface area contributed by atoms with Gasteiger partial charge in [0.1, 0.15) is 0 Å². The third-order valence-electron chi connectivity index (χ3n) is 5.93. The van der Waals surface area contributed by atoms with Crippen molar-refractivity contribution in [2.24, 2.45) is 0 Å². The Kier molecular flexibility index (Phi) is 6.53. The molecular weight excluding hydrogens is 410 g/mol. The average molecular weight is 440 g/mol. The number of benzene rings is 2. The third-order valence-corrected chi connectivity index (χ3v) is 7.84. The Hall–Kier alpha value is -2.51. The highest BCUT2D eigenvalue weighted by Gasteiger charge is 2.34. The molecule has 164 valence electrons. The first kappa shape index (κ1) is 21.7. The van der Waals surface area contributed by atoms with Gasteiger partial charge in [-0.3, -0.25) is 0 Å². The first-order valence-corrected chi connectivity index (χ1v) is 12.4. The third kappa shape index (κ3) is 4.88. The van der Waals surface area contributed by atoms with Crippen LogP contribution in [0.15, 0.2) is 64.0 Å². The predicted octanol–water partition coefficient (Wildman–Crippen LogP) is 5.38. The first-order chi connectivity index (χ1) is 14.9. The smallest absolute Gasteiger partial charge is 0.243 e. The molecule has 0 radical (unpaired) electrons. The molecule has 0 amide bonds. The van der Waals surface area contributed by atoms with Crippen LogP contribution in [0.25, 0.3) is 11.4 Å². The van der Waals surface area contributed by atoms with Crippen LogP contribution in [0.2, 0.25) is 0 Å². The second kappa shape index (κ2) is 9.32. The summed E-state index contributed by atoms with van der Waals surface area (Å²) in [4.78, 5) is 4.79. The van der Waals surface area contributed by atoms with Crippen molar-refractivity contribution in [3.05, 3.63) is 66.1 Å². The molecule has 0 saturated heterocycles. The molecule has 0 spiro atoms. The van der Waals surface area contributed by atoms with Crippen LogP contribution < -0.4 is 0 Å². The van der Waals surface area contributed by atoms with E-state index in [2.05, 4.69) is 24.0 Å². The molecule has 1 heterocycles. The maximum absolute atomic E-state index is 13.6. The van der Waals surface area contributed by atoms with Gasteiger partial charge in [-0.25, -0.2) is 8.42 Å². The van der Waals surface area contributed by atoms with Crippen LogP contribution in [0.3, 0.4) is 0 Å². The van der Waals surface area contributed by atoms with Crippen molar-refractivity contribution in [1.29, 1.82) is 0 Å². The Labute approximate surface area is 184 Å². The molecule has 0 unspecified atom stereocenters. The summed E-state index contributed by atoms with van der Waals surface area (Å²) >= 11 is 0. The molecule has 2 aromatic carbocycles. The molecule has 6 nitrogen and oxygen atoms in total. The second-order valence-electron chi connectivity index (χ2n) is 8.44. The Morgan fingerprint density at radius 2 is 1.68 bits per heavy atom. The normalized spacial score (nSPS) is 15.6. The zero-order valence-electron chi connectivity index (χ0n) is 18.1. The fourth-order valence-corrected chi connectivity index (χ4v) is 5.73. The lowest BCUT2D eigenvalue weighted by atomic mass is 9.95. The maximum Gasteiger partial charge on any atom is 0.243 e. The Morgan fingerprint density at radius 1 is 1.00 bits per heavy atom. The molecule has 0 bridgehead atoms. The minimum absolute atomic E-state index is 0.0596. The van der Waals surface area contributed by atoms with E-state index >= 15 is 0 Å². The molecule has 1 aromatic heterocycles. The van der Waals surface area contributed by atoms with Crippen LogP contribution in [0.1, 0.15) is 63.3 Å². The summed E-state index contributed by atoms with van der Waals surface area (Å²) in [6.07, 6.45) is 4.91. The summed E-state index contributed by atoms with van der Waals surface area (Å²) in [5.74, 6) is 1.13. The fourth-order valence-electron chi connectivity index (χ4n) is 4.10. The summed E-state index contributed by atoms with van der Waals surface area (Å²) in [7, 11) is -3.69. The molecule has 1 aliphatic carbocycles.